The van der Waals surface area contributed by atoms with E-state index >= 15 is 0 Å². The molecule has 2 unspecified atom stereocenters. The van der Waals surface area contributed by atoms with Crippen LogP contribution in [0.4, 0.5) is 0 Å². The molecule has 6 heteroatoms. The van der Waals surface area contributed by atoms with E-state index in [9.17, 15) is 9.59 Å². The smallest absolute Gasteiger partial charge is 0.325 e. The summed E-state index contributed by atoms with van der Waals surface area (Å²) in [7, 11) is 1.20. The number of aliphatic hydroxyl groups excluding tert-OH is 2. The lowest BCUT2D eigenvalue weighted by atomic mass is 10.3. The van der Waals surface area contributed by atoms with E-state index in [4.69, 9.17) is 10.2 Å². The summed E-state index contributed by atoms with van der Waals surface area (Å²) in [6, 6.07) is 0. The van der Waals surface area contributed by atoms with Crippen LogP contribution in [-0.2, 0) is 14.3 Å². The van der Waals surface area contributed by atoms with Crippen molar-refractivity contribution >= 4 is 11.9 Å². The van der Waals surface area contributed by atoms with E-state index in [1.54, 1.807) is 0 Å². The van der Waals surface area contributed by atoms with Gasteiger partial charge in [0.2, 0.25) is 0 Å². The molecule has 2 atom stereocenters. The predicted octanol–water partition coefficient (Wildman–Crippen LogP) is -2.28. The van der Waals surface area contributed by atoms with Gasteiger partial charge in [-0.2, -0.15) is 0 Å². The molecular formula is C7H11NO5. The standard InChI is InChI=1S/C7H11NO5/c1-13-5(10)3-8-2-4(9)6(11)7(8)12/h4,6,9,11H,2-3H2,1H3. The van der Waals surface area contributed by atoms with E-state index in [2.05, 4.69) is 4.74 Å². The first-order chi connectivity index (χ1) is 6.06. The van der Waals surface area contributed by atoms with Crippen molar-refractivity contribution in [3.63, 3.8) is 0 Å². The zero-order valence-electron chi connectivity index (χ0n) is 7.14. The third-order valence-corrected chi connectivity index (χ3v) is 1.88. The number of aliphatic hydroxyl groups is 2. The number of methoxy groups -OCH3 is 1. The molecule has 1 heterocycles. The molecule has 0 radical (unpaired) electrons. The monoisotopic (exact) mass is 189 g/mol. The number of likely N-dealkylation sites (tertiary alicyclic amines) is 1. The normalized spacial score (nSPS) is 27.9. The number of carbonyl (C=O) groups is 2. The molecule has 0 bridgehead atoms. The van der Waals surface area contributed by atoms with E-state index in [1.807, 2.05) is 0 Å². The minimum atomic E-state index is -1.41. The molecule has 2 N–H and O–H groups in total. The molecule has 1 amide bonds. The molecule has 1 rings (SSSR count). The summed E-state index contributed by atoms with van der Waals surface area (Å²) in [5, 5.41) is 18.1. The molecule has 13 heavy (non-hydrogen) atoms. The van der Waals surface area contributed by atoms with Gasteiger partial charge in [0.15, 0.2) is 6.10 Å². The molecule has 0 spiro atoms. The molecular weight excluding hydrogens is 178 g/mol. The summed E-state index contributed by atoms with van der Waals surface area (Å²) < 4.78 is 4.33. The van der Waals surface area contributed by atoms with E-state index < -0.39 is 24.1 Å². The molecule has 0 saturated carbocycles. The number of ether oxygens (including phenoxy) is 1. The van der Waals surface area contributed by atoms with Crippen molar-refractivity contribution in [1.82, 2.24) is 4.90 Å². The van der Waals surface area contributed by atoms with Gasteiger partial charge in [-0.25, -0.2) is 0 Å². The second-order valence-corrected chi connectivity index (χ2v) is 2.81. The average molecular weight is 189 g/mol. The molecule has 0 aromatic rings. The highest BCUT2D eigenvalue weighted by molar-refractivity contribution is 5.87. The molecule has 1 fully saturated rings. The molecule has 0 aliphatic carbocycles. The second-order valence-electron chi connectivity index (χ2n) is 2.81. The van der Waals surface area contributed by atoms with Gasteiger partial charge in [-0.15, -0.1) is 0 Å². The number of nitrogens with zero attached hydrogens (tertiary/aromatic N) is 1. The van der Waals surface area contributed by atoms with Crippen molar-refractivity contribution in [3.05, 3.63) is 0 Å². The fourth-order valence-electron chi connectivity index (χ4n) is 1.13. The fraction of sp³-hybridized carbons (Fsp3) is 0.714. The van der Waals surface area contributed by atoms with E-state index in [-0.39, 0.29) is 13.1 Å². The van der Waals surface area contributed by atoms with Crippen molar-refractivity contribution in [2.24, 2.45) is 0 Å². The summed E-state index contributed by atoms with van der Waals surface area (Å²) in [5.74, 6) is -1.22. The third kappa shape index (κ3) is 1.96. The first kappa shape index (κ1) is 9.94. The van der Waals surface area contributed by atoms with Gasteiger partial charge >= 0.3 is 5.97 Å². The molecule has 0 aromatic heterocycles. The molecule has 1 aliphatic heterocycles. The van der Waals surface area contributed by atoms with Crippen LogP contribution < -0.4 is 0 Å². The van der Waals surface area contributed by atoms with Gasteiger partial charge in [0, 0.05) is 0 Å². The Kier molecular flexibility index (Phi) is 2.84. The van der Waals surface area contributed by atoms with E-state index in [0.29, 0.717) is 0 Å². The first-order valence-corrected chi connectivity index (χ1v) is 3.78. The molecule has 1 saturated heterocycles. The summed E-state index contributed by atoms with van der Waals surface area (Å²) >= 11 is 0. The lowest BCUT2D eigenvalue weighted by Crippen LogP contribution is -2.34. The Balaban J connectivity index is 2.54. The highest BCUT2D eigenvalue weighted by Gasteiger charge is 2.38. The fourth-order valence-corrected chi connectivity index (χ4v) is 1.13. The second kappa shape index (κ2) is 3.71. The van der Waals surface area contributed by atoms with Crippen LogP contribution in [-0.4, -0.2) is 59.4 Å². The summed E-state index contributed by atoms with van der Waals surface area (Å²) in [6.45, 7) is -0.265. The van der Waals surface area contributed by atoms with Crippen LogP contribution in [0, 0.1) is 0 Å². The van der Waals surface area contributed by atoms with Gasteiger partial charge in [0.1, 0.15) is 12.6 Å². The van der Waals surface area contributed by atoms with Crippen LogP contribution in [0.2, 0.25) is 0 Å². The number of carbonyl (C=O) groups excluding carboxylic acids is 2. The number of β-amino-alcohol motifs (C(OH)–C–C–N with tert-alkyl or cyclic N) is 1. The van der Waals surface area contributed by atoms with Crippen LogP contribution in [0.1, 0.15) is 0 Å². The van der Waals surface area contributed by atoms with Crippen LogP contribution in [0.5, 0.6) is 0 Å². The number of hydrogen-bond donors (Lipinski definition) is 2. The minimum Gasteiger partial charge on any atom is -0.468 e. The Morgan fingerprint density at radius 1 is 1.69 bits per heavy atom. The van der Waals surface area contributed by atoms with Gasteiger partial charge < -0.3 is 19.8 Å². The lowest BCUT2D eigenvalue weighted by Gasteiger charge is -2.12. The van der Waals surface area contributed by atoms with Gasteiger partial charge in [0.25, 0.3) is 5.91 Å². The maximum Gasteiger partial charge on any atom is 0.325 e. The van der Waals surface area contributed by atoms with Gasteiger partial charge in [-0.05, 0) is 0 Å². The number of amides is 1. The van der Waals surface area contributed by atoms with Crippen LogP contribution in [0.25, 0.3) is 0 Å². The third-order valence-electron chi connectivity index (χ3n) is 1.88. The Hall–Kier alpha value is -1.14. The average Bonchev–Trinajstić information content (AvgIpc) is 2.34. The topological polar surface area (TPSA) is 87.1 Å². The quantitative estimate of drug-likeness (QED) is 0.478. The molecule has 1 aliphatic rings. The van der Waals surface area contributed by atoms with Gasteiger partial charge in [-0.1, -0.05) is 0 Å². The van der Waals surface area contributed by atoms with E-state index in [0.717, 1.165) is 4.90 Å². The highest BCUT2D eigenvalue weighted by Crippen LogP contribution is 2.11. The largest absolute Gasteiger partial charge is 0.468 e. The summed E-state index contributed by atoms with van der Waals surface area (Å²) in [4.78, 5) is 22.9. The van der Waals surface area contributed by atoms with Crippen molar-refractivity contribution < 1.29 is 24.5 Å². The van der Waals surface area contributed by atoms with Crippen molar-refractivity contribution in [3.8, 4) is 0 Å². The highest BCUT2D eigenvalue weighted by atomic mass is 16.5. The lowest BCUT2D eigenvalue weighted by molar-refractivity contribution is -0.147. The number of esters is 1. The Morgan fingerprint density at radius 3 is 2.69 bits per heavy atom. The van der Waals surface area contributed by atoms with Crippen molar-refractivity contribution in [2.45, 2.75) is 12.2 Å². The minimum absolute atomic E-state index is 0.0326. The summed E-state index contributed by atoms with van der Waals surface area (Å²) in [5.41, 5.74) is 0. The Bertz CT molecular complexity index is 229. The van der Waals surface area contributed by atoms with Crippen LogP contribution >= 0.6 is 0 Å². The Morgan fingerprint density at radius 2 is 2.31 bits per heavy atom. The van der Waals surface area contributed by atoms with Gasteiger partial charge in [-0.3, -0.25) is 9.59 Å². The number of rotatable bonds is 2. The maximum atomic E-state index is 11.1. The predicted molar refractivity (Wildman–Crippen MR) is 40.6 cm³/mol. The summed E-state index contributed by atoms with van der Waals surface area (Å²) in [6.07, 6.45) is -2.53. The SMILES string of the molecule is COC(=O)CN1CC(O)C(O)C1=O. The van der Waals surface area contributed by atoms with E-state index in [1.165, 1.54) is 7.11 Å². The van der Waals surface area contributed by atoms with Crippen LogP contribution in [0.15, 0.2) is 0 Å². The van der Waals surface area contributed by atoms with Crippen molar-refractivity contribution in [1.29, 1.82) is 0 Å². The molecule has 0 aromatic carbocycles. The first-order valence-electron chi connectivity index (χ1n) is 3.78. The zero-order chi connectivity index (χ0) is 10.0. The van der Waals surface area contributed by atoms with Crippen molar-refractivity contribution in [2.75, 3.05) is 20.2 Å². The molecule has 6 nitrogen and oxygen atoms in total. The van der Waals surface area contributed by atoms with Crippen LogP contribution in [0.3, 0.4) is 0 Å². The zero-order valence-corrected chi connectivity index (χ0v) is 7.14. The Labute approximate surface area is 74.7 Å². The van der Waals surface area contributed by atoms with Gasteiger partial charge in [0.05, 0.1) is 13.7 Å². The number of hydrogen-bond acceptors (Lipinski definition) is 5. The maximum absolute atomic E-state index is 11.1. The molecule has 74 valence electrons.